The van der Waals surface area contributed by atoms with Crippen LogP contribution in [0.4, 0.5) is 10.5 Å². The third-order valence-electron chi connectivity index (χ3n) is 2.45. The van der Waals surface area contributed by atoms with Crippen LogP contribution in [0.2, 0.25) is 0 Å². The Bertz CT molecular complexity index is 445. The highest BCUT2D eigenvalue weighted by Gasteiger charge is 2.34. The Hall–Kier alpha value is -2.04. The third-order valence-corrected chi connectivity index (χ3v) is 2.45. The second-order valence-electron chi connectivity index (χ2n) is 3.57. The molecule has 1 saturated heterocycles. The second kappa shape index (κ2) is 3.84. The lowest BCUT2D eigenvalue weighted by Gasteiger charge is -2.14. The van der Waals surface area contributed by atoms with Gasteiger partial charge in [0.1, 0.15) is 12.3 Å². The van der Waals surface area contributed by atoms with E-state index in [4.69, 9.17) is 4.74 Å². The Labute approximate surface area is 93.2 Å². The average molecular weight is 220 g/mol. The van der Waals surface area contributed by atoms with Crippen molar-refractivity contribution in [2.75, 3.05) is 25.6 Å². The lowest BCUT2D eigenvalue weighted by atomic mass is 10.3. The molecule has 5 heteroatoms. The number of imide groups is 1. The van der Waals surface area contributed by atoms with Gasteiger partial charge in [-0.05, 0) is 12.1 Å². The van der Waals surface area contributed by atoms with Gasteiger partial charge >= 0.3 is 6.03 Å². The first-order chi connectivity index (χ1) is 7.63. The summed E-state index contributed by atoms with van der Waals surface area (Å²) in [6, 6.07) is 6.57. The van der Waals surface area contributed by atoms with Gasteiger partial charge in [-0.2, -0.15) is 0 Å². The van der Waals surface area contributed by atoms with E-state index < -0.39 is 0 Å². The van der Waals surface area contributed by atoms with Crippen LogP contribution in [-0.2, 0) is 4.79 Å². The van der Waals surface area contributed by atoms with Crippen molar-refractivity contribution >= 4 is 17.6 Å². The van der Waals surface area contributed by atoms with Crippen molar-refractivity contribution in [1.82, 2.24) is 4.90 Å². The van der Waals surface area contributed by atoms with Gasteiger partial charge in [0, 0.05) is 13.1 Å². The minimum Gasteiger partial charge on any atom is -0.497 e. The standard InChI is InChI=1S/C11H12N2O3/c1-12-7-10(14)13(11(12)15)8-4-3-5-9(6-8)16-2/h3-6H,7H2,1-2H3. The predicted molar refractivity (Wildman–Crippen MR) is 58.5 cm³/mol. The molecule has 3 amide bonds. The maximum atomic E-state index is 11.7. The second-order valence-corrected chi connectivity index (χ2v) is 3.57. The minimum atomic E-state index is -0.307. The normalized spacial score (nSPS) is 15.9. The van der Waals surface area contributed by atoms with Gasteiger partial charge in [0.2, 0.25) is 0 Å². The zero-order valence-electron chi connectivity index (χ0n) is 9.14. The Balaban J connectivity index is 2.36. The summed E-state index contributed by atoms with van der Waals surface area (Å²) in [7, 11) is 3.14. The highest BCUT2D eigenvalue weighted by Crippen LogP contribution is 2.24. The number of rotatable bonds is 2. The van der Waals surface area contributed by atoms with E-state index in [2.05, 4.69) is 0 Å². The number of ether oxygens (including phenoxy) is 1. The monoisotopic (exact) mass is 220 g/mol. The van der Waals surface area contributed by atoms with Gasteiger partial charge in [-0.1, -0.05) is 6.07 Å². The average Bonchev–Trinajstić information content (AvgIpc) is 2.53. The summed E-state index contributed by atoms with van der Waals surface area (Å²) in [4.78, 5) is 25.9. The van der Waals surface area contributed by atoms with Crippen LogP contribution in [0.1, 0.15) is 0 Å². The van der Waals surface area contributed by atoms with Crippen LogP contribution in [0.15, 0.2) is 24.3 Å². The lowest BCUT2D eigenvalue weighted by Crippen LogP contribution is -2.31. The fourth-order valence-corrected chi connectivity index (χ4v) is 1.62. The summed E-state index contributed by atoms with van der Waals surface area (Å²) < 4.78 is 5.05. The van der Waals surface area contributed by atoms with Crippen LogP contribution in [0.25, 0.3) is 0 Å². The van der Waals surface area contributed by atoms with Crippen LogP contribution in [0.3, 0.4) is 0 Å². The molecule has 1 aromatic rings. The highest BCUT2D eigenvalue weighted by atomic mass is 16.5. The Morgan fingerprint density at radius 3 is 2.62 bits per heavy atom. The molecule has 1 aliphatic heterocycles. The van der Waals surface area contributed by atoms with E-state index in [-0.39, 0.29) is 18.5 Å². The molecular weight excluding hydrogens is 208 g/mol. The first-order valence-electron chi connectivity index (χ1n) is 4.85. The Kier molecular flexibility index (Phi) is 2.52. The van der Waals surface area contributed by atoms with E-state index in [9.17, 15) is 9.59 Å². The van der Waals surface area contributed by atoms with Gasteiger partial charge in [0.05, 0.1) is 12.8 Å². The van der Waals surface area contributed by atoms with Crippen molar-refractivity contribution in [3.63, 3.8) is 0 Å². The summed E-state index contributed by atoms with van der Waals surface area (Å²) in [6.45, 7) is 0.121. The molecule has 0 unspecified atom stereocenters. The Morgan fingerprint density at radius 1 is 1.31 bits per heavy atom. The van der Waals surface area contributed by atoms with E-state index in [0.717, 1.165) is 4.90 Å². The SMILES string of the molecule is COc1cccc(N2C(=O)CN(C)C2=O)c1. The molecular formula is C11H12N2O3. The maximum absolute atomic E-state index is 11.7. The van der Waals surface area contributed by atoms with E-state index in [1.807, 2.05) is 0 Å². The molecule has 1 aromatic carbocycles. The number of urea groups is 1. The van der Waals surface area contributed by atoms with Crippen molar-refractivity contribution in [1.29, 1.82) is 0 Å². The number of likely N-dealkylation sites (N-methyl/N-ethyl adjacent to an activating group) is 1. The molecule has 1 heterocycles. The smallest absolute Gasteiger partial charge is 0.331 e. The topological polar surface area (TPSA) is 49.9 Å². The summed E-state index contributed by atoms with van der Waals surface area (Å²) in [5, 5.41) is 0. The molecule has 0 aliphatic carbocycles. The number of anilines is 1. The summed E-state index contributed by atoms with van der Waals surface area (Å²) >= 11 is 0. The third kappa shape index (κ3) is 1.60. The van der Waals surface area contributed by atoms with Crippen LogP contribution < -0.4 is 9.64 Å². The molecule has 0 saturated carbocycles. The number of hydrogen-bond donors (Lipinski definition) is 0. The largest absolute Gasteiger partial charge is 0.497 e. The molecule has 0 radical (unpaired) electrons. The fraction of sp³-hybridized carbons (Fsp3) is 0.273. The molecule has 0 N–H and O–H groups in total. The lowest BCUT2D eigenvalue weighted by molar-refractivity contribution is -0.116. The van der Waals surface area contributed by atoms with Crippen molar-refractivity contribution < 1.29 is 14.3 Å². The van der Waals surface area contributed by atoms with Crippen LogP contribution in [0, 0.1) is 0 Å². The van der Waals surface area contributed by atoms with Gasteiger partial charge in [-0.15, -0.1) is 0 Å². The van der Waals surface area contributed by atoms with Gasteiger partial charge in [0.25, 0.3) is 5.91 Å². The summed E-state index contributed by atoms with van der Waals surface area (Å²) in [5.74, 6) is 0.397. The zero-order chi connectivity index (χ0) is 11.7. The molecule has 1 fully saturated rings. The molecule has 84 valence electrons. The molecule has 16 heavy (non-hydrogen) atoms. The van der Waals surface area contributed by atoms with Gasteiger partial charge < -0.3 is 9.64 Å². The molecule has 5 nitrogen and oxygen atoms in total. The Morgan fingerprint density at radius 2 is 2.06 bits per heavy atom. The van der Waals surface area contributed by atoms with Crippen molar-refractivity contribution in [3.8, 4) is 5.75 Å². The van der Waals surface area contributed by atoms with E-state index >= 15 is 0 Å². The number of benzene rings is 1. The summed E-state index contributed by atoms with van der Waals surface area (Å²) in [6.07, 6.45) is 0. The van der Waals surface area contributed by atoms with Crippen molar-refractivity contribution in [3.05, 3.63) is 24.3 Å². The van der Waals surface area contributed by atoms with Gasteiger partial charge in [0.15, 0.2) is 0 Å². The fourth-order valence-electron chi connectivity index (χ4n) is 1.62. The number of nitrogens with zero attached hydrogens (tertiary/aromatic N) is 2. The van der Waals surface area contributed by atoms with E-state index in [1.165, 1.54) is 4.90 Å². The van der Waals surface area contributed by atoms with Crippen molar-refractivity contribution in [2.24, 2.45) is 0 Å². The van der Waals surface area contributed by atoms with E-state index in [1.54, 1.807) is 38.4 Å². The van der Waals surface area contributed by atoms with Gasteiger partial charge in [-0.25, -0.2) is 9.69 Å². The summed E-state index contributed by atoms with van der Waals surface area (Å²) in [5.41, 5.74) is 0.540. The first-order valence-corrected chi connectivity index (χ1v) is 4.85. The number of carbonyl (C=O) groups excluding carboxylic acids is 2. The first kappa shape index (κ1) is 10.5. The molecule has 0 atom stereocenters. The number of carbonyl (C=O) groups is 2. The zero-order valence-corrected chi connectivity index (χ0v) is 9.14. The number of methoxy groups -OCH3 is 1. The number of hydrogen-bond acceptors (Lipinski definition) is 3. The molecule has 1 aliphatic rings. The highest BCUT2D eigenvalue weighted by molar-refractivity contribution is 6.19. The van der Waals surface area contributed by atoms with Crippen LogP contribution in [0.5, 0.6) is 5.75 Å². The molecule has 0 spiro atoms. The van der Waals surface area contributed by atoms with Crippen molar-refractivity contribution in [2.45, 2.75) is 0 Å². The molecule has 0 aromatic heterocycles. The van der Waals surface area contributed by atoms with Gasteiger partial charge in [-0.3, -0.25) is 4.79 Å². The van der Waals surface area contributed by atoms with Crippen LogP contribution >= 0.6 is 0 Å². The molecule has 2 rings (SSSR count). The van der Waals surface area contributed by atoms with Crippen LogP contribution in [-0.4, -0.2) is 37.5 Å². The predicted octanol–water partition coefficient (Wildman–Crippen LogP) is 1.09. The maximum Gasteiger partial charge on any atom is 0.331 e. The quantitative estimate of drug-likeness (QED) is 0.701. The molecule has 0 bridgehead atoms. The van der Waals surface area contributed by atoms with E-state index in [0.29, 0.717) is 11.4 Å². The minimum absolute atomic E-state index is 0.121. The number of amides is 3.